The van der Waals surface area contributed by atoms with Gasteiger partial charge in [-0.15, -0.1) is 5.10 Å². The molecule has 1 N–H and O–H groups in total. The number of benzene rings is 1. The molecule has 7 heteroatoms. The monoisotopic (exact) mass is 373 g/mol. The highest BCUT2D eigenvalue weighted by atomic mass is 127. The van der Waals surface area contributed by atoms with E-state index >= 15 is 0 Å². The lowest BCUT2D eigenvalue weighted by Crippen LogP contribution is -2.13. The van der Waals surface area contributed by atoms with Crippen molar-refractivity contribution in [2.45, 2.75) is 18.8 Å². The lowest BCUT2D eigenvalue weighted by atomic mass is 10.2. The van der Waals surface area contributed by atoms with Crippen molar-refractivity contribution in [2.75, 3.05) is 5.32 Å². The second-order valence-corrected chi connectivity index (χ2v) is 5.46. The Bertz CT molecular complexity index is 640. The van der Waals surface area contributed by atoms with Gasteiger partial charge in [-0.25, -0.2) is 4.39 Å². The van der Waals surface area contributed by atoms with Gasteiger partial charge in [-0.1, -0.05) is 5.10 Å². The number of nitrogens with one attached hydrogen (secondary N) is 1. The maximum Gasteiger partial charge on any atom is 0.322 e. The zero-order valence-electron chi connectivity index (χ0n) is 9.69. The molecule has 0 aliphatic heterocycles. The summed E-state index contributed by atoms with van der Waals surface area (Å²) in [6.07, 6.45) is 2.09. The van der Waals surface area contributed by atoms with Crippen LogP contribution in [0.3, 0.4) is 0 Å². The Morgan fingerprint density at radius 3 is 2.89 bits per heavy atom. The summed E-state index contributed by atoms with van der Waals surface area (Å²) in [5.74, 6) is 0.123. The maximum atomic E-state index is 13.0. The van der Waals surface area contributed by atoms with Crippen molar-refractivity contribution in [1.29, 1.82) is 0 Å². The van der Waals surface area contributed by atoms with Gasteiger partial charge in [0.2, 0.25) is 5.89 Å². The lowest BCUT2D eigenvalue weighted by Gasteiger charge is -2.03. The summed E-state index contributed by atoms with van der Waals surface area (Å²) in [7, 11) is 0. The van der Waals surface area contributed by atoms with E-state index in [9.17, 15) is 9.18 Å². The Kier molecular flexibility index (Phi) is 3.21. The van der Waals surface area contributed by atoms with Crippen molar-refractivity contribution in [2.24, 2.45) is 0 Å². The highest BCUT2D eigenvalue weighted by molar-refractivity contribution is 14.1. The Labute approximate surface area is 121 Å². The average Bonchev–Trinajstić information content (AvgIpc) is 3.10. The molecule has 5 nitrogen and oxygen atoms in total. The number of halogens is 2. The van der Waals surface area contributed by atoms with Crippen molar-refractivity contribution in [3.8, 4) is 0 Å². The molecule has 0 bridgehead atoms. The van der Waals surface area contributed by atoms with Crippen molar-refractivity contribution < 1.29 is 13.6 Å². The number of aromatic nitrogens is 2. The highest BCUT2D eigenvalue weighted by Gasteiger charge is 2.29. The average molecular weight is 373 g/mol. The molecule has 1 aromatic heterocycles. The quantitative estimate of drug-likeness (QED) is 0.841. The number of anilines is 1. The number of rotatable bonds is 3. The Balaban J connectivity index is 1.76. The van der Waals surface area contributed by atoms with Gasteiger partial charge in [0.1, 0.15) is 5.82 Å². The second kappa shape index (κ2) is 4.87. The fraction of sp³-hybridized carbons (Fsp3) is 0.250. The number of carbonyl (C=O) groups is 1. The molecule has 0 unspecified atom stereocenters. The molecule has 98 valence electrons. The molecule has 3 rings (SSSR count). The molecule has 1 saturated carbocycles. The highest BCUT2D eigenvalue weighted by Crippen LogP contribution is 2.39. The van der Waals surface area contributed by atoms with E-state index in [0.29, 0.717) is 20.9 Å². The minimum absolute atomic E-state index is 0.0759. The van der Waals surface area contributed by atoms with Gasteiger partial charge < -0.3 is 4.42 Å². The zero-order valence-corrected chi connectivity index (χ0v) is 11.8. The van der Waals surface area contributed by atoms with E-state index in [1.54, 1.807) is 0 Å². The Morgan fingerprint density at radius 2 is 2.21 bits per heavy atom. The summed E-state index contributed by atoms with van der Waals surface area (Å²) in [5.41, 5.74) is 0.369. The Hall–Kier alpha value is -1.51. The van der Waals surface area contributed by atoms with Crippen LogP contribution in [0.1, 0.15) is 35.0 Å². The summed E-state index contributed by atoms with van der Waals surface area (Å²) in [5, 5.41) is 10.1. The number of hydrogen-bond donors (Lipinski definition) is 1. The van der Waals surface area contributed by atoms with Crippen LogP contribution < -0.4 is 5.32 Å². The van der Waals surface area contributed by atoms with Crippen LogP contribution in [0.5, 0.6) is 0 Å². The third kappa shape index (κ3) is 2.75. The van der Waals surface area contributed by atoms with Gasteiger partial charge in [-0.05, 0) is 53.6 Å². The van der Waals surface area contributed by atoms with Gasteiger partial charge in [0, 0.05) is 9.49 Å². The van der Waals surface area contributed by atoms with E-state index in [4.69, 9.17) is 4.42 Å². The molecule has 1 amide bonds. The predicted molar refractivity (Wildman–Crippen MR) is 73.3 cm³/mol. The minimum Gasteiger partial charge on any atom is -0.408 e. The molecular formula is C12H9FIN3O2. The van der Waals surface area contributed by atoms with E-state index in [0.717, 1.165) is 12.8 Å². The summed E-state index contributed by atoms with van der Waals surface area (Å²) in [4.78, 5) is 12.0. The summed E-state index contributed by atoms with van der Waals surface area (Å²) < 4.78 is 18.8. The molecule has 1 aliphatic rings. The van der Waals surface area contributed by atoms with E-state index in [1.807, 2.05) is 22.6 Å². The summed E-state index contributed by atoms with van der Waals surface area (Å²) in [6, 6.07) is 4.02. The number of hydrogen-bond acceptors (Lipinski definition) is 4. The normalized spacial score (nSPS) is 14.4. The number of nitrogens with zero attached hydrogens (tertiary/aromatic N) is 2. The summed E-state index contributed by atoms with van der Waals surface area (Å²) in [6.45, 7) is 0. The Morgan fingerprint density at radius 1 is 1.42 bits per heavy atom. The number of carbonyl (C=O) groups excluding carboxylic acids is 1. The van der Waals surface area contributed by atoms with E-state index in [1.165, 1.54) is 18.2 Å². The molecule has 0 saturated heterocycles. The lowest BCUT2D eigenvalue weighted by molar-refractivity contribution is 0.102. The molecule has 1 aliphatic carbocycles. The van der Waals surface area contributed by atoms with Crippen LogP contribution in [-0.2, 0) is 0 Å². The first-order valence-corrected chi connectivity index (χ1v) is 6.81. The molecule has 0 atom stereocenters. The van der Waals surface area contributed by atoms with Crippen LogP contribution >= 0.6 is 22.6 Å². The van der Waals surface area contributed by atoms with Crippen molar-refractivity contribution in [3.05, 3.63) is 39.0 Å². The van der Waals surface area contributed by atoms with Gasteiger partial charge in [-0.2, -0.15) is 0 Å². The van der Waals surface area contributed by atoms with Crippen molar-refractivity contribution in [3.63, 3.8) is 0 Å². The molecular weight excluding hydrogens is 364 g/mol. The van der Waals surface area contributed by atoms with E-state index in [-0.39, 0.29) is 11.8 Å². The first kappa shape index (κ1) is 12.5. The molecule has 0 radical (unpaired) electrons. The third-order valence-corrected chi connectivity index (χ3v) is 3.66. The van der Waals surface area contributed by atoms with Gasteiger partial charge in [0.05, 0.1) is 5.56 Å². The van der Waals surface area contributed by atoms with Gasteiger partial charge in [0.15, 0.2) is 0 Å². The summed E-state index contributed by atoms with van der Waals surface area (Å²) >= 11 is 1.90. The van der Waals surface area contributed by atoms with Gasteiger partial charge >= 0.3 is 6.01 Å². The maximum absolute atomic E-state index is 13.0. The van der Waals surface area contributed by atoms with Crippen LogP contribution in [0.4, 0.5) is 10.4 Å². The first-order chi connectivity index (χ1) is 9.13. The molecule has 1 heterocycles. The van der Waals surface area contributed by atoms with Crippen LogP contribution in [-0.4, -0.2) is 16.1 Å². The number of amides is 1. The van der Waals surface area contributed by atoms with Gasteiger partial charge in [0.25, 0.3) is 5.91 Å². The molecule has 0 spiro atoms. The smallest absolute Gasteiger partial charge is 0.322 e. The predicted octanol–water partition coefficient (Wildman–Crippen LogP) is 2.94. The zero-order chi connectivity index (χ0) is 13.4. The van der Waals surface area contributed by atoms with Crippen LogP contribution in [0.15, 0.2) is 22.6 Å². The molecule has 1 aromatic carbocycles. The minimum atomic E-state index is -0.393. The second-order valence-electron chi connectivity index (χ2n) is 4.30. The third-order valence-electron chi connectivity index (χ3n) is 2.76. The fourth-order valence-corrected chi connectivity index (χ4v) is 2.34. The van der Waals surface area contributed by atoms with Crippen LogP contribution in [0.2, 0.25) is 0 Å². The molecule has 19 heavy (non-hydrogen) atoms. The largest absolute Gasteiger partial charge is 0.408 e. The standard InChI is InChI=1S/C12H9FIN3O2/c13-7-3-4-8(9(14)5-7)10(18)15-12-17-16-11(19-12)6-1-2-6/h3-6H,1-2H2,(H,15,17,18). The van der Waals surface area contributed by atoms with Gasteiger partial charge in [-0.3, -0.25) is 10.1 Å². The van der Waals surface area contributed by atoms with Crippen LogP contribution in [0.25, 0.3) is 0 Å². The SMILES string of the molecule is O=C(Nc1nnc(C2CC2)o1)c1ccc(F)cc1I. The van der Waals surface area contributed by atoms with Crippen molar-refractivity contribution in [1.82, 2.24) is 10.2 Å². The van der Waals surface area contributed by atoms with E-state index in [2.05, 4.69) is 15.5 Å². The van der Waals surface area contributed by atoms with E-state index < -0.39 is 5.91 Å². The topological polar surface area (TPSA) is 68.0 Å². The molecule has 2 aromatic rings. The first-order valence-electron chi connectivity index (χ1n) is 5.73. The molecule has 1 fully saturated rings. The fourth-order valence-electron chi connectivity index (χ4n) is 1.62. The van der Waals surface area contributed by atoms with Crippen molar-refractivity contribution >= 4 is 34.5 Å². The van der Waals surface area contributed by atoms with Crippen LogP contribution in [0, 0.1) is 9.39 Å².